The van der Waals surface area contributed by atoms with E-state index in [0.717, 1.165) is 21.3 Å². The third-order valence-corrected chi connectivity index (χ3v) is 3.96. The summed E-state index contributed by atoms with van der Waals surface area (Å²) in [5, 5.41) is 2.61. The van der Waals surface area contributed by atoms with Crippen molar-refractivity contribution in [3.8, 4) is 11.1 Å². The summed E-state index contributed by atoms with van der Waals surface area (Å²) in [5.41, 5.74) is 2.95. The Bertz CT molecular complexity index is 680. The molecule has 0 amide bonds. The first-order valence-corrected chi connectivity index (χ1v) is 6.55. The Morgan fingerprint density at radius 1 is 1.00 bits per heavy atom. The lowest BCUT2D eigenvalue weighted by molar-refractivity contribution is 1.23. The monoisotopic (exact) mass is 280 g/mol. The Hall–Kier alpha value is -1.16. The summed E-state index contributed by atoms with van der Waals surface area (Å²) in [4.78, 5) is 8.19. The predicted molar refractivity (Wildman–Crippen MR) is 72.9 cm³/mol. The molecule has 0 spiro atoms. The van der Waals surface area contributed by atoms with Gasteiger partial charge in [0.2, 0.25) is 5.28 Å². The second-order valence-corrected chi connectivity index (χ2v) is 5.05. The third-order valence-electron chi connectivity index (χ3n) is 2.43. The molecule has 17 heavy (non-hydrogen) atoms. The lowest BCUT2D eigenvalue weighted by atomic mass is 10.1. The minimum atomic E-state index is 0.179. The molecule has 0 aliphatic carbocycles. The van der Waals surface area contributed by atoms with Gasteiger partial charge in [-0.05, 0) is 17.2 Å². The molecule has 0 bridgehead atoms. The lowest BCUT2D eigenvalue weighted by Gasteiger charge is -1.99. The Labute approximate surface area is 112 Å². The number of hydrogen-bond donors (Lipinski definition) is 0. The summed E-state index contributed by atoms with van der Waals surface area (Å²) in [7, 11) is 0. The molecule has 0 N–H and O–H groups in total. The van der Waals surface area contributed by atoms with E-state index in [0.29, 0.717) is 5.15 Å². The summed E-state index contributed by atoms with van der Waals surface area (Å²) >= 11 is 13.4. The van der Waals surface area contributed by atoms with Crippen molar-refractivity contribution in [1.29, 1.82) is 0 Å². The Kier molecular flexibility index (Phi) is 2.74. The van der Waals surface area contributed by atoms with E-state index in [9.17, 15) is 0 Å². The van der Waals surface area contributed by atoms with E-state index in [-0.39, 0.29) is 5.28 Å². The summed E-state index contributed by atoms with van der Waals surface area (Å²) in [6.45, 7) is 0. The molecule has 5 heteroatoms. The first kappa shape index (κ1) is 11.0. The smallest absolute Gasteiger partial charge is 0.216 e. The highest BCUT2D eigenvalue weighted by molar-refractivity contribution is 7.18. The minimum Gasteiger partial charge on any atom is -0.216 e. The lowest BCUT2D eigenvalue weighted by Crippen LogP contribution is -1.84. The van der Waals surface area contributed by atoms with Crippen LogP contribution in [0.3, 0.4) is 0 Å². The number of hydrogen-bond acceptors (Lipinski definition) is 3. The molecule has 0 aliphatic heterocycles. The second kappa shape index (κ2) is 4.26. The van der Waals surface area contributed by atoms with Gasteiger partial charge in [0.05, 0.1) is 10.2 Å². The molecule has 0 saturated heterocycles. The molecule has 0 radical (unpaired) electrons. The zero-order valence-electron chi connectivity index (χ0n) is 8.52. The van der Waals surface area contributed by atoms with Crippen LogP contribution >= 0.6 is 34.5 Å². The number of rotatable bonds is 1. The molecule has 0 aliphatic rings. The van der Waals surface area contributed by atoms with E-state index >= 15 is 0 Å². The fraction of sp³-hybridized carbons (Fsp3) is 0. The van der Waals surface area contributed by atoms with Crippen LogP contribution < -0.4 is 0 Å². The van der Waals surface area contributed by atoms with Gasteiger partial charge >= 0.3 is 0 Å². The van der Waals surface area contributed by atoms with Crippen molar-refractivity contribution >= 4 is 44.8 Å². The largest absolute Gasteiger partial charge is 0.224 e. The van der Waals surface area contributed by atoms with Gasteiger partial charge in [0.1, 0.15) is 0 Å². The van der Waals surface area contributed by atoms with E-state index in [1.807, 2.05) is 35.7 Å². The van der Waals surface area contributed by atoms with Crippen LogP contribution in [0.15, 0.2) is 35.7 Å². The standard InChI is InChI=1S/C12H6Cl2N2S/c13-11-10-9(15-12(14)16-11)8(6-17-10)7-4-2-1-3-5-7/h1-6H. The van der Waals surface area contributed by atoms with Gasteiger partial charge in [-0.3, -0.25) is 0 Å². The normalized spacial score (nSPS) is 10.9. The van der Waals surface area contributed by atoms with Crippen molar-refractivity contribution < 1.29 is 0 Å². The molecule has 1 aromatic carbocycles. The van der Waals surface area contributed by atoms with Crippen LogP contribution in [0.5, 0.6) is 0 Å². The number of thiophene rings is 1. The van der Waals surface area contributed by atoms with Crippen molar-refractivity contribution in [2.45, 2.75) is 0 Å². The van der Waals surface area contributed by atoms with Gasteiger partial charge in [-0.1, -0.05) is 41.9 Å². The van der Waals surface area contributed by atoms with Gasteiger partial charge in [0.25, 0.3) is 0 Å². The van der Waals surface area contributed by atoms with Gasteiger partial charge in [-0.2, -0.15) is 0 Å². The van der Waals surface area contributed by atoms with Crippen molar-refractivity contribution in [2.75, 3.05) is 0 Å². The fourth-order valence-corrected chi connectivity index (χ4v) is 3.09. The third kappa shape index (κ3) is 1.90. The number of fused-ring (bicyclic) bond motifs is 1. The van der Waals surface area contributed by atoms with E-state index < -0.39 is 0 Å². The maximum absolute atomic E-state index is 6.04. The van der Waals surface area contributed by atoms with Gasteiger partial charge in [-0.15, -0.1) is 11.3 Å². The molecular weight excluding hydrogens is 275 g/mol. The number of aromatic nitrogens is 2. The maximum atomic E-state index is 6.04. The van der Waals surface area contributed by atoms with Crippen LogP contribution in [0.25, 0.3) is 21.3 Å². The second-order valence-electron chi connectivity index (χ2n) is 3.48. The maximum Gasteiger partial charge on any atom is 0.224 e. The Balaban J connectivity index is 2.32. The highest BCUT2D eigenvalue weighted by atomic mass is 35.5. The van der Waals surface area contributed by atoms with E-state index in [1.165, 1.54) is 11.3 Å². The average molecular weight is 281 g/mol. The van der Waals surface area contributed by atoms with Crippen molar-refractivity contribution in [1.82, 2.24) is 9.97 Å². The molecule has 0 unspecified atom stereocenters. The van der Waals surface area contributed by atoms with Crippen LogP contribution in [0.1, 0.15) is 0 Å². The number of nitrogens with zero attached hydrogens (tertiary/aromatic N) is 2. The topological polar surface area (TPSA) is 25.8 Å². The predicted octanol–water partition coefficient (Wildman–Crippen LogP) is 4.67. The van der Waals surface area contributed by atoms with E-state index in [4.69, 9.17) is 23.2 Å². The van der Waals surface area contributed by atoms with Crippen LogP contribution in [0.4, 0.5) is 0 Å². The van der Waals surface area contributed by atoms with E-state index in [2.05, 4.69) is 9.97 Å². The molecule has 0 atom stereocenters. The van der Waals surface area contributed by atoms with Crippen LogP contribution in [0, 0.1) is 0 Å². The number of benzene rings is 1. The Morgan fingerprint density at radius 2 is 1.76 bits per heavy atom. The van der Waals surface area contributed by atoms with Gasteiger partial charge in [0.15, 0.2) is 5.15 Å². The fourth-order valence-electron chi connectivity index (χ4n) is 1.68. The van der Waals surface area contributed by atoms with Crippen molar-refractivity contribution in [2.24, 2.45) is 0 Å². The van der Waals surface area contributed by atoms with Gasteiger partial charge in [-0.25, -0.2) is 9.97 Å². The molecular formula is C12H6Cl2N2S. The summed E-state index contributed by atoms with van der Waals surface area (Å²) < 4.78 is 0.870. The summed E-state index contributed by atoms with van der Waals surface area (Å²) in [6.07, 6.45) is 0. The first-order chi connectivity index (χ1) is 8.25. The minimum absolute atomic E-state index is 0.179. The summed E-state index contributed by atoms with van der Waals surface area (Å²) in [5.74, 6) is 0. The molecule has 0 saturated carbocycles. The SMILES string of the molecule is Clc1nc(Cl)c2scc(-c3ccccc3)c2n1. The van der Waals surface area contributed by atoms with Crippen LogP contribution in [-0.4, -0.2) is 9.97 Å². The molecule has 3 aromatic rings. The molecule has 2 nitrogen and oxygen atoms in total. The first-order valence-electron chi connectivity index (χ1n) is 4.91. The molecule has 2 aromatic heterocycles. The summed E-state index contributed by atoms with van der Waals surface area (Å²) in [6, 6.07) is 10.0. The van der Waals surface area contributed by atoms with Gasteiger partial charge in [0, 0.05) is 10.9 Å². The quantitative estimate of drug-likeness (QED) is 0.478. The molecule has 0 fully saturated rings. The van der Waals surface area contributed by atoms with Crippen molar-refractivity contribution in [3.63, 3.8) is 0 Å². The van der Waals surface area contributed by atoms with Crippen LogP contribution in [-0.2, 0) is 0 Å². The Morgan fingerprint density at radius 3 is 2.53 bits per heavy atom. The zero-order chi connectivity index (χ0) is 11.8. The van der Waals surface area contributed by atoms with Crippen molar-refractivity contribution in [3.05, 3.63) is 46.1 Å². The number of halogens is 2. The molecule has 84 valence electrons. The van der Waals surface area contributed by atoms with E-state index in [1.54, 1.807) is 0 Å². The zero-order valence-corrected chi connectivity index (χ0v) is 10.9. The highest BCUT2D eigenvalue weighted by Crippen LogP contribution is 2.36. The van der Waals surface area contributed by atoms with Gasteiger partial charge < -0.3 is 0 Å². The molecule has 3 rings (SSSR count). The highest BCUT2D eigenvalue weighted by Gasteiger charge is 2.12. The molecule has 2 heterocycles. The van der Waals surface area contributed by atoms with Crippen LogP contribution in [0.2, 0.25) is 10.4 Å². The average Bonchev–Trinajstić information content (AvgIpc) is 2.74.